The number of amides is 1. The van der Waals surface area contributed by atoms with Crippen molar-refractivity contribution in [1.82, 2.24) is 9.39 Å². The lowest BCUT2D eigenvalue weighted by Gasteiger charge is -2.27. The van der Waals surface area contributed by atoms with Crippen molar-refractivity contribution >= 4 is 42.6 Å². The molecule has 2 rings (SSSR count). The summed E-state index contributed by atoms with van der Waals surface area (Å²) in [5.41, 5.74) is 0. The van der Waals surface area contributed by atoms with Crippen molar-refractivity contribution in [1.29, 1.82) is 0 Å². The Morgan fingerprint density at radius 3 is 2.48 bits per heavy atom. The molecule has 1 aliphatic heterocycles. The molecule has 0 bridgehead atoms. The number of nitrogens with one attached hydrogen (secondary N) is 1. The zero-order valence-electron chi connectivity index (χ0n) is 14.3. The highest BCUT2D eigenvalue weighted by molar-refractivity contribution is 8.13. The lowest BCUT2D eigenvalue weighted by atomic mass is 10.3. The smallest absolute Gasteiger partial charge is 0.400 e. The van der Waals surface area contributed by atoms with E-state index in [1.165, 1.54) is 15.8 Å². The molecule has 11 heteroatoms. The third-order valence-electron chi connectivity index (χ3n) is 2.93. The number of oxime groups is 1. The molecule has 1 aliphatic rings. The molecule has 1 amide bonds. The van der Waals surface area contributed by atoms with Crippen molar-refractivity contribution in [2.24, 2.45) is 5.16 Å². The van der Waals surface area contributed by atoms with Gasteiger partial charge in [0.15, 0.2) is 11.5 Å². The summed E-state index contributed by atoms with van der Waals surface area (Å²) < 4.78 is 25.6. The molecule has 8 nitrogen and oxygen atoms in total. The van der Waals surface area contributed by atoms with Crippen molar-refractivity contribution in [2.45, 2.75) is 26.8 Å². The van der Waals surface area contributed by atoms with Crippen LogP contribution in [-0.4, -0.2) is 33.4 Å². The quantitative estimate of drug-likeness (QED) is 0.142. The Morgan fingerprint density at radius 2 is 1.96 bits per heavy atom. The van der Waals surface area contributed by atoms with Crippen LogP contribution in [0.1, 0.15) is 20.8 Å². The fourth-order valence-corrected chi connectivity index (χ4v) is 5.01. The number of carbonyl (C=O) groups is 1. The topological polar surface area (TPSA) is 89.5 Å². The highest BCUT2D eigenvalue weighted by Crippen LogP contribution is 2.63. The maximum Gasteiger partial charge on any atom is 0.525 e. The van der Waals surface area contributed by atoms with Crippen LogP contribution in [0.2, 0.25) is 0 Å². The molecule has 1 aromatic rings. The van der Waals surface area contributed by atoms with Gasteiger partial charge in [0, 0.05) is 6.04 Å². The van der Waals surface area contributed by atoms with Crippen molar-refractivity contribution in [3.05, 3.63) is 24.3 Å². The van der Waals surface area contributed by atoms with Gasteiger partial charge in [-0.1, -0.05) is 17.3 Å². The molecule has 138 valence electrons. The summed E-state index contributed by atoms with van der Waals surface area (Å²) in [4.78, 5) is 16.3. The lowest BCUT2D eigenvalue weighted by Crippen LogP contribution is -2.29. The zero-order chi connectivity index (χ0) is 18.4. The fourth-order valence-electron chi connectivity index (χ4n) is 1.78. The first-order chi connectivity index (χ1) is 11.9. The van der Waals surface area contributed by atoms with Crippen molar-refractivity contribution in [2.75, 3.05) is 12.1 Å². The van der Waals surface area contributed by atoms with E-state index in [2.05, 4.69) is 10.5 Å². The van der Waals surface area contributed by atoms with E-state index in [9.17, 15) is 9.36 Å². The van der Waals surface area contributed by atoms with E-state index >= 15 is 0 Å². The Hall–Kier alpha value is -1.35. The van der Waals surface area contributed by atoms with Crippen LogP contribution in [0.25, 0.3) is 0 Å². The van der Waals surface area contributed by atoms with Gasteiger partial charge in [0.25, 0.3) is 0 Å². The molecule has 25 heavy (non-hydrogen) atoms. The van der Waals surface area contributed by atoms with Gasteiger partial charge in [0.1, 0.15) is 5.04 Å². The second-order valence-corrected chi connectivity index (χ2v) is 9.08. The Kier molecular flexibility index (Phi) is 7.06. The highest BCUT2D eigenvalue weighted by atomic mass is 32.2. The highest BCUT2D eigenvalue weighted by Gasteiger charge is 2.45. The van der Waals surface area contributed by atoms with Gasteiger partial charge < -0.3 is 14.4 Å². The largest absolute Gasteiger partial charge is 0.525 e. The van der Waals surface area contributed by atoms with Crippen LogP contribution in [0.4, 0.5) is 4.79 Å². The molecule has 0 unspecified atom stereocenters. The molecule has 0 aromatic heterocycles. The number of fused-ring (bicyclic) bond motifs is 1. The SMILES string of the molecule is CSC(C)=NOC(=O)NCSN(C(C)C)P1(=O)Oc2ccccc2O1. The molecule has 1 N–H and O–H groups in total. The minimum absolute atomic E-state index is 0.123. The molecule has 0 atom stereocenters. The summed E-state index contributed by atoms with van der Waals surface area (Å²) in [5.74, 6) is 0.996. The Labute approximate surface area is 155 Å². The number of nitrogens with zero attached hydrogens (tertiary/aromatic N) is 2. The number of benzene rings is 1. The molecule has 0 fully saturated rings. The minimum atomic E-state index is -3.54. The van der Waals surface area contributed by atoms with Crippen LogP contribution in [0.15, 0.2) is 29.4 Å². The standard InChI is InChI=1S/C14H20N3O5PS2/c1-10(2)17(25-9-15-14(18)20-16-11(3)24-4)23(19)21-12-7-5-6-8-13(12)22-23/h5-8,10H,9H2,1-4H3,(H,15,18). The monoisotopic (exact) mass is 405 g/mol. The number of hydrogen-bond acceptors (Lipinski definition) is 8. The van der Waals surface area contributed by atoms with Crippen LogP contribution < -0.4 is 14.4 Å². The van der Waals surface area contributed by atoms with Crippen LogP contribution in [0.5, 0.6) is 11.5 Å². The first-order valence-corrected chi connectivity index (χ1v) is 11.1. The molecule has 0 radical (unpaired) electrons. The molecule has 0 saturated heterocycles. The first kappa shape index (κ1) is 20.0. The van der Waals surface area contributed by atoms with E-state index in [-0.39, 0.29) is 11.9 Å². The zero-order valence-corrected chi connectivity index (χ0v) is 16.8. The Balaban J connectivity index is 1.92. The van der Waals surface area contributed by atoms with Crippen LogP contribution in [0, 0.1) is 0 Å². The van der Waals surface area contributed by atoms with E-state index in [0.717, 1.165) is 11.9 Å². The number of rotatable bonds is 6. The van der Waals surface area contributed by atoms with E-state index in [0.29, 0.717) is 16.5 Å². The lowest BCUT2D eigenvalue weighted by molar-refractivity contribution is 0.153. The summed E-state index contributed by atoms with van der Waals surface area (Å²) in [6.07, 6.45) is 1.13. The van der Waals surface area contributed by atoms with Gasteiger partial charge in [-0.05, 0) is 51.1 Å². The second-order valence-electron chi connectivity index (χ2n) is 5.14. The van der Waals surface area contributed by atoms with Crippen LogP contribution in [0.3, 0.4) is 0 Å². The average Bonchev–Trinajstić information content (AvgIpc) is 2.92. The van der Waals surface area contributed by atoms with Gasteiger partial charge in [-0.2, -0.15) is 0 Å². The van der Waals surface area contributed by atoms with Crippen molar-refractivity contribution in [3.8, 4) is 11.5 Å². The molecule has 0 aliphatic carbocycles. The maximum atomic E-state index is 13.0. The summed E-state index contributed by atoms with van der Waals surface area (Å²) in [7, 11) is -3.54. The summed E-state index contributed by atoms with van der Waals surface area (Å²) in [6, 6.07) is 6.79. The molecule has 0 spiro atoms. The Morgan fingerprint density at radius 1 is 1.36 bits per heavy atom. The number of para-hydroxylation sites is 2. The van der Waals surface area contributed by atoms with E-state index in [4.69, 9.17) is 13.9 Å². The number of carbonyl (C=O) groups excluding carboxylic acids is 1. The molecule has 0 saturated carbocycles. The van der Waals surface area contributed by atoms with E-state index in [1.54, 1.807) is 31.2 Å². The summed E-state index contributed by atoms with van der Waals surface area (Å²) in [5, 5.41) is 6.78. The third-order valence-corrected chi connectivity index (χ3v) is 7.30. The van der Waals surface area contributed by atoms with Crippen LogP contribution >= 0.6 is 31.5 Å². The van der Waals surface area contributed by atoms with Gasteiger partial charge in [0.2, 0.25) is 0 Å². The normalized spacial score (nSPS) is 15.5. The minimum Gasteiger partial charge on any atom is -0.400 e. The van der Waals surface area contributed by atoms with Gasteiger partial charge in [-0.15, -0.1) is 15.8 Å². The Bertz CT molecular complexity index is 672. The predicted molar refractivity (Wildman–Crippen MR) is 101 cm³/mol. The summed E-state index contributed by atoms with van der Waals surface area (Å²) in [6.45, 7) is 5.44. The fraction of sp³-hybridized carbons (Fsp3) is 0.429. The third kappa shape index (κ3) is 5.31. The van der Waals surface area contributed by atoms with Crippen molar-refractivity contribution < 1.29 is 23.2 Å². The van der Waals surface area contributed by atoms with Gasteiger partial charge in [0.05, 0.1) is 5.88 Å². The van der Waals surface area contributed by atoms with Gasteiger partial charge >= 0.3 is 13.8 Å². The molecular formula is C14H20N3O5PS2. The van der Waals surface area contributed by atoms with Crippen molar-refractivity contribution in [3.63, 3.8) is 0 Å². The summed E-state index contributed by atoms with van der Waals surface area (Å²) >= 11 is 2.49. The first-order valence-electron chi connectivity index (χ1n) is 7.40. The maximum absolute atomic E-state index is 13.0. The predicted octanol–water partition coefficient (Wildman–Crippen LogP) is 4.30. The van der Waals surface area contributed by atoms with Gasteiger partial charge in [-0.3, -0.25) is 4.84 Å². The van der Waals surface area contributed by atoms with E-state index < -0.39 is 13.8 Å². The molecule has 1 aromatic carbocycles. The van der Waals surface area contributed by atoms with Crippen LogP contribution in [-0.2, 0) is 9.40 Å². The molecular weight excluding hydrogens is 385 g/mol. The second kappa shape index (κ2) is 8.84. The average molecular weight is 405 g/mol. The van der Waals surface area contributed by atoms with Gasteiger partial charge in [-0.25, -0.2) is 9.36 Å². The van der Waals surface area contributed by atoms with E-state index in [1.807, 2.05) is 20.1 Å². The molecule has 1 heterocycles. The number of hydrogen-bond donors (Lipinski definition) is 1. The number of thioether (sulfide) groups is 1.